The van der Waals surface area contributed by atoms with Gasteiger partial charge in [0.1, 0.15) is 5.82 Å². The maximum absolute atomic E-state index is 13.6. The van der Waals surface area contributed by atoms with Crippen LogP contribution in [-0.2, 0) is 4.74 Å². The zero-order valence-corrected chi connectivity index (χ0v) is 20.0. The molecule has 2 aliphatic rings. The number of likely N-dealkylation sites (tertiary alicyclic amines) is 1. The Hall–Kier alpha value is -3.07. The zero-order valence-electron chi connectivity index (χ0n) is 19.2. The van der Waals surface area contributed by atoms with Crippen molar-refractivity contribution in [3.8, 4) is 21.8 Å². The lowest BCUT2D eigenvalue weighted by Crippen LogP contribution is -2.38. The van der Waals surface area contributed by atoms with Crippen molar-refractivity contribution in [2.75, 3.05) is 25.0 Å². The fourth-order valence-corrected chi connectivity index (χ4v) is 5.53. The Morgan fingerprint density at radius 3 is 2.59 bits per heavy atom. The number of anilines is 1. The van der Waals surface area contributed by atoms with E-state index in [1.54, 1.807) is 34.6 Å². The molecule has 34 heavy (non-hydrogen) atoms. The number of ether oxygens (including phenoxy) is 1. The maximum Gasteiger partial charge on any atom is 0.409 e. The predicted molar refractivity (Wildman–Crippen MR) is 130 cm³/mol. The molecule has 3 heterocycles. The normalized spacial score (nSPS) is 16.8. The predicted octanol–water partition coefficient (Wildman–Crippen LogP) is 5.71. The highest BCUT2D eigenvalue weighted by Gasteiger charge is 2.28. The van der Waals surface area contributed by atoms with Crippen LogP contribution in [0.3, 0.4) is 0 Å². The number of rotatable bonds is 6. The number of nitrogens with zero attached hydrogens (tertiary/aromatic N) is 4. The number of carbonyl (C=O) groups excluding carboxylic acids is 1. The summed E-state index contributed by atoms with van der Waals surface area (Å²) >= 11 is 1.63. The molecule has 1 saturated carbocycles. The molecule has 1 aliphatic heterocycles. The molecule has 1 saturated heterocycles. The molecule has 3 aromatic rings. The number of thiazole rings is 1. The highest BCUT2D eigenvalue weighted by atomic mass is 32.1. The molecule has 5 rings (SSSR count). The molecular formula is C25H28FN5O2S. The van der Waals surface area contributed by atoms with E-state index in [1.807, 2.05) is 13.0 Å². The van der Waals surface area contributed by atoms with Gasteiger partial charge in [-0.3, -0.25) is 0 Å². The van der Waals surface area contributed by atoms with Crippen LogP contribution in [0.4, 0.5) is 15.1 Å². The summed E-state index contributed by atoms with van der Waals surface area (Å²) < 4.78 is 18.7. The molecule has 1 amide bonds. The Morgan fingerprint density at radius 1 is 1.15 bits per heavy atom. The number of hydrogen-bond acceptors (Lipinski definition) is 7. The van der Waals surface area contributed by atoms with Crippen LogP contribution in [0.1, 0.15) is 50.0 Å². The van der Waals surface area contributed by atoms with Gasteiger partial charge in [-0.1, -0.05) is 0 Å². The highest BCUT2D eigenvalue weighted by molar-refractivity contribution is 7.15. The molecule has 2 aromatic heterocycles. The van der Waals surface area contributed by atoms with Crippen molar-refractivity contribution in [1.29, 1.82) is 0 Å². The van der Waals surface area contributed by atoms with E-state index in [0.717, 1.165) is 52.5 Å². The first-order chi connectivity index (χ1) is 16.6. The molecule has 1 aromatic carbocycles. The fourth-order valence-electron chi connectivity index (χ4n) is 4.30. The number of aromatic nitrogens is 3. The number of halogens is 1. The van der Waals surface area contributed by atoms with Gasteiger partial charge in [-0.25, -0.2) is 24.1 Å². The van der Waals surface area contributed by atoms with Gasteiger partial charge in [0, 0.05) is 36.8 Å². The van der Waals surface area contributed by atoms with Crippen molar-refractivity contribution in [2.45, 2.75) is 51.0 Å². The zero-order chi connectivity index (χ0) is 23.5. The average molecular weight is 482 g/mol. The van der Waals surface area contributed by atoms with E-state index in [-0.39, 0.29) is 17.8 Å². The van der Waals surface area contributed by atoms with E-state index >= 15 is 0 Å². The lowest BCUT2D eigenvalue weighted by molar-refractivity contribution is 0.0970. The summed E-state index contributed by atoms with van der Waals surface area (Å²) in [6.07, 6.45) is 6.70. The van der Waals surface area contributed by atoms with Crippen LogP contribution < -0.4 is 5.32 Å². The minimum Gasteiger partial charge on any atom is -0.450 e. The summed E-state index contributed by atoms with van der Waals surface area (Å²) in [5.41, 5.74) is 2.47. The summed E-state index contributed by atoms with van der Waals surface area (Å²) in [6, 6.07) is 8.78. The third-order valence-corrected chi connectivity index (χ3v) is 7.70. The maximum atomic E-state index is 13.6. The number of piperidine rings is 1. The molecule has 178 valence electrons. The lowest BCUT2D eigenvalue weighted by atomic mass is 9.93. The minimum absolute atomic E-state index is 0.248. The van der Waals surface area contributed by atoms with Gasteiger partial charge >= 0.3 is 6.09 Å². The Morgan fingerprint density at radius 2 is 1.91 bits per heavy atom. The van der Waals surface area contributed by atoms with Crippen molar-refractivity contribution >= 4 is 23.4 Å². The van der Waals surface area contributed by atoms with Gasteiger partial charge in [0.25, 0.3) is 0 Å². The van der Waals surface area contributed by atoms with Crippen LogP contribution in [0, 0.1) is 5.82 Å². The Bertz CT molecular complexity index is 1140. The van der Waals surface area contributed by atoms with Crippen molar-refractivity contribution in [2.24, 2.45) is 0 Å². The van der Waals surface area contributed by atoms with E-state index in [0.29, 0.717) is 31.7 Å². The molecule has 0 bridgehead atoms. The molecule has 2 fully saturated rings. The number of nitrogens with one attached hydrogen (secondary N) is 1. The van der Waals surface area contributed by atoms with Gasteiger partial charge in [-0.2, -0.15) is 0 Å². The van der Waals surface area contributed by atoms with E-state index in [4.69, 9.17) is 14.7 Å². The van der Waals surface area contributed by atoms with Crippen LogP contribution in [0.25, 0.3) is 21.8 Å². The van der Waals surface area contributed by atoms with Crippen molar-refractivity contribution in [3.63, 3.8) is 0 Å². The quantitative estimate of drug-likeness (QED) is 0.486. The molecule has 7 nitrogen and oxygen atoms in total. The summed E-state index contributed by atoms with van der Waals surface area (Å²) in [6.45, 7) is 3.49. The second-order valence-corrected chi connectivity index (χ2v) is 9.77. The first-order valence-electron chi connectivity index (χ1n) is 11.9. The van der Waals surface area contributed by atoms with E-state index in [1.165, 1.54) is 18.6 Å². The number of amides is 1. The minimum atomic E-state index is -0.277. The SMILES string of the molecule is CCOC(=O)N1CCC(c2nc(-c3ccc(F)cc3)c(-c3ccnc(NC4CCC4)n3)s2)CC1. The Kier molecular flexibility index (Phi) is 6.71. The van der Waals surface area contributed by atoms with Gasteiger partial charge in [0.05, 0.1) is 27.9 Å². The third-order valence-electron chi connectivity index (χ3n) is 6.46. The summed E-state index contributed by atoms with van der Waals surface area (Å²) in [5, 5.41) is 4.43. The van der Waals surface area contributed by atoms with Gasteiger partial charge in [0.15, 0.2) is 0 Å². The van der Waals surface area contributed by atoms with Crippen LogP contribution in [0.5, 0.6) is 0 Å². The van der Waals surface area contributed by atoms with Crippen LogP contribution in [0.15, 0.2) is 36.5 Å². The van der Waals surface area contributed by atoms with Crippen molar-refractivity contribution < 1.29 is 13.9 Å². The number of benzene rings is 1. The second-order valence-electron chi connectivity index (χ2n) is 8.73. The summed E-state index contributed by atoms with van der Waals surface area (Å²) in [4.78, 5) is 29.0. The van der Waals surface area contributed by atoms with E-state index < -0.39 is 0 Å². The molecule has 1 N–H and O–H groups in total. The summed E-state index contributed by atoms with van der Waals surface area (Å²) in [5.74, 6) is 0.601. The van der Waals surface area contributed by atoms with Gasteiger partial charge in [0.2, 0.25) is 5.95 Å². The first kappa shape index (κ1) is 22.7. The van der Waals surface area contributed by atoms with Crippen molar-refractivity contribution in [1.82, 2.24) is 19.9 Å². The van der Waals surface area contributed by atoms with Gasteiger partial charge in [-0.15, -0.1) is 11.3 Å². The fraction of sp³-hybridized carbons (Fsp3) is 0.440. The molecule has 0 spiro atoms. The molecule has 0 radical (unpaired) electrons. The van der Waals surface area contributed by atoms with Crippen LogP contribution in [0.2, 0.25) is 0 Å². The van der Waals surface area contributed by atoms with Crippen LogP contribution >= 0.6 is 11.3 Å². The average Bonchev–Trinajstić information content (AvgIpc) is 3.28. The smallest absolute Gasteiger partial charge is 0.409 e. The first-order valence-corrected chi connectivity index (χ1v) is 12.7. The third kappa shape index (κ3) is 4.89. The Balaban J connectivity index is 1.43. The second kappa shape index (κ2) is 10.0. The largest absolute Gasteiger partial charge is 0.450 e. The number of carbonyl (C=O) groups is 1. The standard InChI is InChI=1S/C25H28FN5O2S/c1-2-33-25(32)31-14-11-17(12-15-31)23-30-21(16-6-8-18(26)9-7-16)22(34-23)20-10-13-27-24(29-20)28-19-4-3-5-19/h6-10,13,17,19H,2-5,11-12,14-15H2,1H3,(H,27,28,29). The lowest BCUT2D eigenvalue weighted by Gasteiger charge is -2.30. The van der Waals surface area contributed by atoms with E-state index in [9.17, 15) is 9.18 Å². The molecule has 9 heteroatoms. The molecular weight excluding hydrogens is 453 g/mol. The molecule has 0 unspecified atom stereocenters. The monoisotopic (exact) mass is 481 g/mol. The highest BCUT2D eigenvalue weighted by Crippen LogP contribution is 2.41. The van der Waals surface area contributed by atoms with E-state index in [2.05, 4.69) is 10.3 Å². The van der Waals surface area contributed by atoms with Gasteiger partial charge < -0.3 is 15.0 Å². The van der Waals surface area contributed by atoms with Gasteiger partial charge in [-0.05, 0) is 69.4 Å². The Labute approximate surface area is 202 Å². The van der Waals surface area contributed by atoms with Crippen LogP contribution in [-0.4, -0.2) is 51.7 Å². The van der Waals surface area contributed by atoms with Crippen molar-refractivity contribution in [3.05, 3.63) is 47.4 Å². The summed E-state index contributed by atoms with van der Waals surface area (Å²) in [7, 11) is 0. The molecule has 1 aliphatic carbocycles. The topological polar surface area (TPSA) is 80.2 Å². The molecule has 0 atom stereocenters. The number of hydrogen-bond donors (Lipinski definition) is 1.